The Morgan fingerprint density at radius 1 is 0.432 bits per heavy atom. The third-order valence-electron chi connectivity index (χ3n) is 9.78. The third kappa shape index (κ3) is 2.77. The van der Waals surface area contributed by atoms with Crippen molar-refractivity contribution < 1.29 is 0 Å². The van der Waals surface area contributed by atoms with E-state index >= 15 is 0 Å². The zero-order valence-electron chi connectivity index (χ0n) is 23.8. The lowest BCUT2D eigenvalue weighted by Crippen LogP contribution is -2.24. The lowest BCUT2D eigenvalue weighted by atomic mass is 9.89. The molecule has 0 aliphatic heterocycles. The van der Waals surface area contributed by atoms with Gasteiger partial charge in [-0.15, -0.1) is 0 Å². The topological polar surface area (TPSA) is 39.1 Å². The summed E-state index contributed by atoms with van der Waals surface area (Å²) in [6, 6.07) is 41.5. The maximum atomic E-state index is 14.6. The molecule has 0 atom stereocenters. The molecule has 0 bridgehead atoms. The van der Waals surface area contributed by atoms with E-state index in [1.807, 2.05) is 67.6 Å². The van der Waals surface area contributed by atoms with Crippen LogP contribution in [-0.4, -0.2) is 4.57 Å². The van der Waals surface area contributed by atoms with Crippen LogP contribution in [0.1, 0.15) is 5.56 Å². The highest BCUT2D eigenvalue weighted by Gasteiger charge is 2.29. The van der Waals surface area contributed by atoms with E-state index in [1.165, 1.54) is 26.1 Å². The number of hydrogen-bond acceptors (Lipinski definition) is 2. The molecule has 204 valence electrons. The lowest BCUT2D eigenvalue weighted by Gasteiger charge is -2.12. The monoisotopic (exact) mass is 561 g/mol. The van der Waals surface area contributed by atoms with Crippen LogP contribution in [0.2, 0.25) is 0 Å². The van der Waals surface area contributed by atoms with Gasteiger partial charge in [0.1, 0.15) is 0 Å². The first-order chi connectivity index (χ1) is 21.6. The molecule has 0 N–H and O–H groups in total. The van der Waals surface area contributed by atoms with E-state index < -0.39 is 0 Å². The van der Waals surface area contributed by atoms with E-state index in [2.05, 4.69) is 60.7 Å². The molecular formula is C41H23NO2. The molecule has 0 unspecified atom stereocenters. The quantitative estimate of drug-likeness (QED) is 0.202. The predicted molar refractivity (Wildman–Crippen MR) is 184 cm³/mol. The molecule has 10 rings (SSSR count). The largest absolute Gasteiger partial charge is 0.268 e. The summed E-state index contributed by atoms with van der Waals surface area (Å²) in [5.74, 6) is 0. The second kappa shape index (κ2) is 8.18. The Morgan fingerprint density at radius 2 is 0.886 bits per heavy atom. The molecule has 1 heterocycles. The molecule has 9 aromatic carbocycles. The van der Waals surface area contributed by atoms with Crippen LogP contribution in [0.15, 0.2) is 131 Å². The molecule has 0 fully saturated rings. The van der Waals surface area contributed by atoms with Crippen LogP contribution in [-0.2, 0) is 0 Å². The molecule has 10 aromatic rings. The zero-order valence-corrected chi connectivity index (χ0v) is 23.8. The minimum absolute atomic E-state index is 0.260. The van der Waals surface area contributed by atoms with Crippen molar-refractivity contribution in [1.29, 1.82) is 0 Å². The van der Waals surface area contributed by atoms with Crippen molar-refractivity contribution in [2.75, 3.05) is 0 Å². The molecule has 3 heteroatoms. The van der Waals surface area contributed by atoms with Crippen molar-refractivity contribution in [1.82, 2.24) is 4.57 Å². The summed E-state index contributed by atoms with van der Waals surface area (Å²) in [5.41, 5.74) is 5.31. The highest BCUT2D eigenvalue weighted by molar-refractivity contribution is 6.50. The molecule has 44 heavy (non-hydrogen) atoms. The molecule has 0 saturated heterocycles. The van der Waals surface area contributed by atoms with Crippen LogP contribution in [0.25, 0.3) is 92.6 Å². The SMILES string of the molecule is Cc1ccccc1-n1c(=O)c2c3cc(-c4ccccc4)c4ccc5ccc6c(-c7ccccc7)cc(c2c1=O)c1c6c5c4c31. The first kappa shape index (κ1) is 23.7. The minimum Gasteiger partial charge on any atom is -0.268 e. The van der Waals surface area contributed by atoms with Crippen molar-refractivity contribution in [3.63, 3.8) is 0 Å². The Balaban J connectivity index is 1.55. The first-order valence-corrected chi connectivity index (χ1v) is 15.0. The van der Waals surface area contributed by atoms with Gasteiger partial charge in [0.25, 0.3) is 11.1 Å². The highest BCUT2D eigenvalue weighted by Crippen LogP contribution is 2.53. The maximum Gasteiger partial charge on any atom is 0.266 e. The Bertz CT molecular complexity index is 2680. The lowest BCUT2D eigenvalue weighted by molar-refractivity contribution is 0.979. The van der Waals surface area contributed by atoms with Crippen LogP contribution in [0.5, 0.6) is 0 Å². The number of hydrogen-bond donors (Lipinski definition) is 0. The summed E-state index contributed by atoms with van der Waals surface area (Å²) >= 11 is 0. The number of rotatable bonds is 3. The van der Waals surface area contributed by atoms with E-state index in [0.717, 1.165) is 60.1 Å². The molecule has 0 spiro atoms. The smallest absolute Gasteiger partial charge is 0.266 e. The number of para-hydroxylation sites is 1. The highest BCUT2D eigenvalue weighted by atomic mass is 16.2. The average molecular weight is 562 g/mol. The van der Waals surface area contributed by atoms with E-state index in [1.54, 1.807) is 0 Å². The van der Waals surface area contributed by atoms with Gasteiger partial charge in [-0.1, -0.05) is 103 Å². The molecular weight excluding hydrogens is 538 g/mol. The summed E-state index contributed by atoms with van der Waals surface area (Å²) in [6.45, 7) is 1.95. The Kier molecular flexibility index (Phi) is 4.41. The van der Waals surface area contributed by atoms with Crippen LogP contribution in [0.4, 0.5) is 0 Å². The fraction of sp³-hybridized carbons (Fsp3) is 0.0244. The van der Waals surface area contributed by atoms with Gasteiger partial charge in [0, 0.05) is 0 Å². The first-order valence-electron chi connectivity index (χ1n) is 15.0. The molecule has 0 amide bonds. The molecule has 0 saturated carbocycles. The van der Waals surface area contributed by atoms with Gasteiger partial charge in [-0.2, -0.15) is 0 Å². The summed E-state index contributed by atoms with van der Waals surface area (Å²) < 4.78 is 1.39. The Morgan fingerprint density at radius 3 is 1.39 bits per heavy atom. The van der Waals surface area contributed by atoms with Crippen molar-refractivity contribution in [2.45, 2.75) is 6.92 Å². The standard InChI is InChI=1S/C41H23NO2/c1-22-10-8-9-15-32(22)42-40(43)38-30-20-28(23-11-4-2-5-12-23)26-18-16-25-17-19-27-29(24-13-6-3-7-14-24)21-31(39(38)41(42)44)37-35(27)33(25)34(26)36(30)37/h2-21H,1H3. The van der Waals surface area contributed by atoms with E-state index in [-0.39, 0.29) is 11.1 Å². The fourth-order valence-electron chi connectivity index (χ4n) is 7.93. The van der Waals surface area contributed by atoms with Gasteiger partial charge >= 0.3 is 0 Å². The molecule has 0 aliphatic carbocycles. The van der Waals surface area contributed by atoms with Crippen molar-refractivity contribution in [3.05, 3.63) is 148 Å². The van der Waals surface area contributed by atoms with Crippen molar-refractivity contribution >= 4 is 64.6 Å². The van der Waals surface area contributed by atoms with Gasteiger partial charge in [0.05, 0.1) is 16.5 Å². The van der Waals surface area contributed by atoms with E-state index in [4.69, 9.17) is 0 Å². The van der Waals surface area contributed by atoms with Gasteiger partial charge < -0.3 is 0 Å². The number of aryl methyl sites for hydroxylation is 1. The maximum absolute atomic E-state index is 14.6. The van der Waals surface area contributed by atoms with Crippen molar-refractivity contribution in [3.8, 4) is 27.9 Å². The molecule has 0 radical (unpaired) electrons. The summed E-state index contributed by atoms with van der Waals surface area (Å²) in [6.07, 6.45) is 0. The average Bonchev–Trinajstić information content (AvgIpc) is 3.56. The second-order valence-corrected chi connectivity index (χ2v) is 12.0. The normalized spacial score (nSPS) is 12.4. The van der Waals surface area contributed by atoms with Gasteiger partial charge in [-0.25, -0.2) is 4.57 Å². The molecule has 1 aromatic heterocycles. The van der Waals surface area contributed by atoms with Gasteiger partial charge in [0.15, 0.2) is 0 Å². The second-order valence-electron chi connectivity index (χ2n) is 12.0. The van der Waals surface area contributed by atoms with Gasteiger partial charge in [0.2, 0.25) is 0 Å². The number of benzene rings is 8. The summed E-state index contributed by atoms with van der Waals surface area (Å²) in [7, 11) is 0. The summed E-state index contributed by atoms with van der Waals surface area (Å²) in [4.78, 5) is 29.2. The number of nitrogens with zero attached hydrogens (tertiary/aromatic N) is 1. The third-order valence-corrected chi connectivity index (χ3v) is 9.78. The zero-order chi connectivity index (χ0) is 29.3. The fourth-order valence-corrected chi connectivity index (χ4v) is 7.93. The van der Waals surface area contributed by atoms with E-state index in [0.29, 0.717) is 16.5 Å². The van der Waals surface area contributed by atoms with Gasteiger partial charge in [-0.3, -0.25) is 9.59 Å². The Hall–Kier alpha value is -5.80. The number of aromatic nitrogens is 1. The van der Waals surface area contributed by atoms with Crippen LogP contribution in [0.3, 0.4) is 0 Å². The number of fused-ring (bicyclic) bond motifs is 3. The molecule has 3 nitrogen and oxygen atoms in total. The summed E-state index contributed by atoms with van der Waals surface area (Å²) in [5, 5.41) is 11.9. The van der Waals surface area contributed by atoms with Crippen LogP contribution >= 0.6 is 0 Å². The van der Waals surface area contributed by atoms with E-state index in [9.17, 15) is 9.59 Å². The minimum atomic E-state index is -0.260. The van der Waals surface area contributed by atoms with Crippen molar-refractivity contribution in [2.24, 2.45) is 0 Å². The van der Waals surface area contributed by atoms with Crippen LogP contribution in [0, 0.1) is 6.92 Å². The van der Waals surface area contributed by atoms with Gasteiger partial charge in [-0.05, 0) is 107 Å². The van der Waals surface area contributed by atoms with Crippen LogP contribution < -0.4 is 11.1 Å². The Labute approximate surface area is 251 Å². The predicted octanol–water partition coefficient (Wildman–Crippen LogP) is 9.51. The molecule has 0 aliphatic rings.